The Hall–Kier alpha value is -3.18. The second kappa shape index (κ2) is 8.67. The first kappa shape index (κ1) is 20.1. The highest BCUT2D eigenvalue weighted by Crippen LogP contribution is 2.27. The summed E-state index contributed by atoms with van der Waals surface area (Å²) < 4.78 is 5.82. The van der Waals surface area contributed by atoms with Crippen LogP contribution in [0.4, 0.5) is 5.13 Å². The van der Waals surface area contributed by atoms with Crippen LogP contribution in [0, 0.1) is 13.8 Å². The summed E-state index contributed by atoms with van der Waals surface area (Å²) in [7, 11) is 0. The van der Waals surface area contributed by atoms with Crippen molar-refractivity contribution in [3.8, 4) is 11.3 Å². The molecule has 152 valence electrons. The molecule has 2 aromatic heterocycles. The van der Waals surface area contributed by atoms with Gasteiger partial charge >= 0.3 is 0 Å². The van der Waals surface area contributed by atoms with E-state index in [9.17, 15) is 4.79 Å². The van der Waals surface area contributed by atoms with Gasteiger partial charge in [0.1, 0.15) is 11.5 Å². The lowest BCUT2D eigenvalue weighted by Gasteiger charge is -2.01. The van der Waals surface area contributed by atoms with Gasteiger partial charge in [-0.3, -0.25) is 10.1 Å². The predicted octanol–water partition coefficient (Wildman–Crippen LogP) is 6.43. The van der Waals surface area contributed by atoms with Crippen LogP contribution in [0.3, 0.4) is 0 Å². The SMILES string of the molecule is CCc1ccc(Cc2cnc(NC(=O)c3cc(-c4ccc(C)cc4)oc3C)s2)cc1. The Morgan fingerprint density at radius 2 is 1.73 bits per heavy atom. The molecular weight excluding hydrogens is 392 g/mol. The van der Waals surface area contributed by atoms with Crippen LogP contribution in [0.1, 0.15) is 44.6 Å². The summed E-state index contributed by atoms with van der Waals surface area (Å²) in [4.78, 5) is 18.2. The summed E-state index contributed by atoms with van der Waals surface area (Å²) in [6.45, 7) is 6.00. The van der Waals surface area contributed by atoms with E-state index in [4.69, 9.17) is 4.42 Å². The average molecular weight is 417 g/mol. The average Bonchev–Trinajstić information content (AvgIpc) is 3.35. The van der Waals surface area contributed by atoms with Gasteiger partial charge in [0.05, 0.1) is 5.56 Å². The third kappa shape index (κ3) is 4.52. The fourth-order valence-electron chi connectivity index (χ4n) is 3.27. The number of aromatic nitrogens is 1. The number of furan rings is 1. The van der Waals surface area contributed by atoms with Crippen LogP contribution >= 0.6 is 11.3 Å². The van der Waals surface area contributed by atoms with Gasteiger partial charge < -0.3 is 4.42 Å². The molecule has 0 unspecified atom stereocenters. The molecule has 4 rings (SSSR count). The van der Waals surface area contributed by atoms with Gasteiger partial charge in [0.15, 0.2) is 5.13 Å². The minimum Gasteiger partial charge on any atom is -0.461 e. The maximum Gasteiger partial charge on any atom is 0.261 e. The number of benzene rings is 2. The Labute approximate surface area is 180 Å². The van der Waals surface area contributed by atoms with Crippen LogP contribution < -0.4 is 5.32 Å². The van der Waals surface area contributed by atoms with Crippen molar-refractivity contribution in [1.29, 1.82) is 0 Å². The zero-order valence-corrected chi connectivity index (χ0v) is 18.2. The number of amides is 1. The van der Waals surface area contributed by atoms with Crippen LogP contribution in [-0.4, -0.2) is 10.9 Å². The largest absolute Gasteiger partial charge is 0.461 e. The maximum atomic E-state index is 12.8. The van der Waals surface area contributed by atoms with Gasteiger partial charge in [-0.15, -0.1) is 11.3 Å². The number of nitrogens with zero attached hydrogens (tertiary/aromatic N) is 1. The first-order valence-corrected chi connectivity index (χ1v) is 10.8. The minimum absolute atomic E-state index is 0.206. The molecule has 0 atom stereocenters. The van der Waals surface area contributed by atoms with Crippen molar-refractivity contribution >= 4 is 22.4 Å². The van der Waals surface area contributed by atoms with Crippen molar-refractivity contribution in [3.05, 3.63) is 93.7 Å². The van der Waals surface area contributed by atoms with E-state index in [2.05, 4.69) is 41.5 Å². The van der Waals surface area contributed by atoms with Crippen molar-refractivity contribution in [3.63, 3.8) is 0 Å². The second-order valence-corrected chi connectivity index (χ2v) is 8.49. The van der Waals surface area contributed by atoms with Crippen LogP contribution in [0.15, 0.2) is 65.2 Å². The van der Waals surface area contributed by atoms with Gasteiger partial charge in [-0.2, -0.15) is 0 Å². The van der Waals surface area contributed by atoms with Crippen molar-refractivity contribution in [1.82, 2.24) is 4.98 Å². The summed E-state index contributed by atoms with van der Waals surface area (Å²) in [5, 5.41) is 3.50. The molecule has 0 aliphatic rings. The third-order valence-corrected chi connectivity index (χ3v) is 5.99. The molecule has 4 nitrogen and oxygen atoms in total. The zero-order chi connectivity index (χ0) is 21.1. The molecule has 0 saturated carbocycles. The third-order valence-electron chi connectivity index (χ3n) is 5.08. The lowest BCUT2D eigenvalue weighted by molar-refractivity contribution is 0.102. The van der Waals surface area contributed by atoms with Crippen LogP contribution in [0.5, 0.6) is 0 Å². The van der Waals surface area contributed by atoms with Crippen molar-refractivity contribution in [2.45, 2.75) is 33.6 Å². The Bertz CT molecular complexity index is 1150. The highest BCUT2D eigenvalue weighted by molar-refractivity contribution is 7.15. The van der Waals surface area contributed by atoms with Gasteiger partial charge in [-0.05, 0) is 37.5 Å². The molecule has 5 heteroatoms. The first-order valence-electron chi connectivity index (χ1n) is 10.0. The number of hydrogen-bond acceptors (Lipinski definition) is 4. The van der Waals surface area contributed by atoms with Gasteiger partial charge in [-0.1, -0.05) is 61.0 Å². The van der Waals surface area contributed by atoms with Gasteiger partial charge in [0, 0.05) is 23.1 Å². The van der Waals surface area contributed by atoms with Crippen LogP contribution in [0.2, 0.25) is 0 Å². The standard InChI is InChI=1S/C25H24N2O2S/c1-4-18-7-9-19(10-8-18)13-21-15-26-25(30-21)27-24(28)22-14-23(29-17(22)3)20-11-5-16(2)6-12-20/h5-12,14-15H,4,13H2,1-3H3,(H,26,27,28). The number of aryl methyl sites for hydroxylation is 3. The molecule has 2 heterocycles. The van der Waals surface area contributed by atoms with E-state index in [1.54, 1.807) is 13.0 Å². The molecule has 0 aliphatic heterocycles. The van der Waals surface area contributed by atoms with E-state index in [-0.39, 0.29) is 5.91 Å². The quantitative estimate of drug-likeness (QED) is 0.394. The van der Waals surface area contributed by atoms with E-state index >= 15 is 0 Å². The van der Waals surface area contributed by atoms with E-state index in [1.807, 2.05) is 37.4 Å². The smallest absolute Gasteiger partial charge is 0.261 e. The van der Waals surface area contributed by atoms with Gasteiger partial charge in [0.25, 0.3) is 5.91 Å². The van der Waals surface area contributed by atoms with E-state index in [1.165, 1.54) is 28.0 Å². The molecule has 0 saturated heterocycles. The lowest BCUT2D eigenvalue weighted by Crippen LogP contribution is -2.11. The Kier molecular flexibility index (Phi) is 5.81. The number of rotatable bonds is 6. The number of thiazole rings is 1. The Morgan fingerprint density at radius 3 is 2.43 bits per heavy atom. The molecule has 2 aromatic carbocycles. The molecule has 1 amide bonds. The molecular formula is C25H24N2O2S. The summed E-state index contributed by atoms with van der Waals surface area (Å²) in [6, 6.07) is 18.5. The number of anilines is 1. The molecule has 0 aliphatic carbocycles. The van der Waals surface area contributed by atoms with Gasteiger partial charge in [-0.25, -0.2) is 4.98 Å². The van der Waals surface area contributed by atoms with Crippen LogP contribution in [-0.2, 0) is 12.8 Å². The topological polar surface area (TPSA) is 55.1 Å². The number of carbonyl (C=O) groups excluding carboxylic acids is 1. The van der Waals surface area contributed by atoms with Crippen molar-refractivity contribution in [2.75, 3.05) is 5.32 Å². The van der Waals surface area contributed by atoms with Crippen molar-refractivity contribution < 1.29 is 9.21 Å². The molecule has 0 radical (unpaired) electrons. The predicted molar refractivity (Wildman–Crippen MR) is 122 cm³/mol. The first-order chi connectivity index (χ1) is 14.5. The van der Waals surface area contributed by atoms with Gasteiger partial charge in [0.2, 0.25) is 0 Å². The van der Waals surface area contributed by atoms with E-state index in [0.717, 1.165) is 23.3 Å². The van der Waals surface area contributed by atoms with Crippen molar-refractivity contribution in [2.24, 2.45) is 0 Å². The fraction of sp³-hybridized carbons (Fsp3) is 0.200. The monoisotopic (exact) mass is 416 g/mol. The lowest BCUT2D eigenvalue weighted by atomic mass is 10.1. The van der Waals surface area contributed by atoms with Crippen LogP contribution in [0.25, 0.3) is 11.3 Å². The number of hydrogen-bond donors (Lipinski definition) is 1. The molecule has 0 bridgehead atoms. The van der Waals surface area contributed by atoms with E-state index in [0.29, 0.717) is 22.2 Å². The molecule has 0 spiro atoms. The Balaban J connectivity index is 1.44. The Morgan fingerprint density at radius 1 is 1.03 bits per heavy atom. The highest BCUT2D eigenvalue weighted by atomic mass is 32.1. The normalized spacial score (nSPS) is 10.9. The molecule has 1 N–H and O–H groups in total. The second-order valence-electron chi connectivity index (χ2n) is 7.38. The fourth-order valence-corrected chi connectivity index (χ4v) is 4.11. The van der Waals surface area contributed by atoms with E-state index < -0.39 is 0 Å². The zero-order valence-electron chi connectivity index (χ0n) is 17.4. The molecule has 30 heavy (non-hydrogen) atoms. The summed E-state index contributed by atoms with van der Waals surface area (Å²) in [5.74, 6) is 1.08. The number of carbonyl (C=O) groups is 1. The summed E-state index contributed by atoms with van der Waals surface area (Å²) in [5.41, 5.74) is 5.23. The maximum absolute atomic E-state index is 12.8. The molecule has 4 aromatic rings. The highest BCUT2D eigenvalue weighted by Gasteiger charge is 2.17. The summed E-state index contributed by atoms with van der Waals surface area (Å²) >= 11 is 1.50. The summed E-state index contributed by atoms with van der Waals surface area (Å²) in [6.07, 6.45) is 3.67. The number of nitrogens with one attached hydrogen (secondary N) is 1. The molecule has 0 fully saturated rings. The minimum atomic E-state index is -0.206.